The van der Waals surface area contributed by atoms with Crippen molar-refractivity contribution in [2.75, 3.05) is 44.9 Å². The van der Waals surface area contributed by atoms with Gasteiger partial charge in [0.15, 0.2) is 0 Å². The van der Waals surface area contributed by atoms with Gasteiger partial charge >= 0.3 is 0 Å². The minimum absolute atomic E-state index is 0.00730. The Morgan fingerprint density at radius 2 is 2.08 bits per heavy atom. The van der Waals surface area contributed by atoms with Crippen molar-refractivity contribution in [1.82, 2.24) is 24.8 Å². The van der Waals surface area contributed by atoms with Crippen molar-refractivity contribution >= 4 is 40.4 Å². The SMILES string of the molecule is COc1ccc2ncc(F)c(C(O)CN3CCC(N(C)C(=O)c4ccc5c(n4)NC(=O)CS5)CC3)c2n1. The van der Waals surface area contributed by atoms with E-state index in [0.29, 0.717) is 48.9 Å². The summed E-state index contributed by atoms with van der Waals surface area (Å²) in [7, 11) is 3.23. The number of ether oxygens (including phenoxy) is 1. The Balaban J connectivity index is 1.22. The van der Waals surface area contributed by atoms with Gasteiger partial charge in [0.2, 0.25) is 11.8 Å². The lowest BCUT2D eigenvalue weighted by molar-refractivity contribution is -0.113. The maximum atomic E-state index is 14.7. The summed E-state index contributed by atoms with van der Waals surface area (Å²) in [6, 6.07) is 6.81. The lowest BCUT2D eigenvalue weighted by atomic mass is 10.0. The normalized spacial score (nSPS) is 17.2. The van der Waals surface area contributed by atoms with Gasteiger partial charge in [-0.15, -0.1) is 11.8 Å². The fraction of sp³-hybridized carbons (Fsp3) is 0.400. The summed E-state index contributed by atoms with van der Waals surface area (Å²) in [5, 5.41) is 13.7. The highest BCUT2D eigenvalue weighted by Gasteiger charge is 2.29. The first-order valence-electron chi connectivity index (χ1n) is 11.9. The number of carbonyl (C=O) groups is 2. The monoisotopic (exact) mass is 526 g/mol. The molecule has 1 fully saturated rings. The van der Waals surface area contributed by atoms with E-state index in [1.165, 1.54) is 18.9 Å². The Kier molecular flexibility index (Phi) is 7.22. The quantitative estimate of drug-likeness (QED) is 0.499. The molecule has 1 unspecified atom stereocenters. The predicted octanol–water partition coefficient (Wildman–Crippen LogP) is 2.49. The van der Waals surface area contributed by atoms with Gasteiger partial charge in [0.05, 0.1) is 35.6 Å². The number of aliphatic hydroxyl groups excluding tert-OH is 1. The molecule has 5 rings (SSSR count). The van der Waals surface area contributed by atoms with Gasteiger partial charge in [-0.05, 0) is 31.0 Å². The highest BCUT2D eigenvalue weighted by Crippen LogP contribution is 2.31. The summed E-state index contributed by atoms with van der Waals surface area (Å²) < 4.78 is 19.9. The number of rotatable bonds is 6. The Morgan fingerprint density at radius 3 is 2.84 bits per heavy atom. The van der Waals surface area contributed by atoms with Gasteiger partial charge < -0.3 is 25.0 Å². The van der Waals surface area contributed by atoms with Gasteiger partial charge in [-0.3, -0.25) is 14.6 Å². The molecule has 3 aromatic heterocycles. The van der Waals surface area contributed by atoms with E-state index in [-0.39, 0.29) is 41.2 Å². The van der Waals surface area contributed by atoms with Crippen LogP contribution in [0, 0.1) is 5.82 Å². The summed E-state index contributed by atoms with van der Waals surface area (Å²) in [5.41, 5.74) is 1.13. The van der Waals surface area contributed by atoms with Crippen LogP contribution in [0.4, 0.5) is 10.2 Å². The molecule has 2 aliphatic rings. The van der Waals surface area contributed by atoms with E-state index in [1.807, 2.05) is 6.07 Å². The number of likely N-dealkylation sites (tertiary alicyclic amines) is 1. The maximum Gasteiger partial charge on any atom is 0.272 e. The first kappa shape index (κ1) is 25.3. The average Bonchev–Trinajstić information content (AvgIpc) is 2.91. The van der Waals surface area contributed by atoms with E-state index in [2.05, 4.69) is 25.2 Å². The number of pyridine rings is 3. The molecule has 0 aromatic carbocycles. The molecule has 0 spiro atoms. The number of thioether (sulfide) groups is 1. The third-order valence-corrected chi connectivity index (χ3v) is 7.82. The number of hydrogen-bond acceptors (Lipinski definition) is 9. The average molecular weight is 527 g/mol. The molecule has 2 amide bonds. The number of fused-ring (bicyclic) bond motifs is 2. The topological polar surface area (TPSA) is 121 Å². The molecule has 0 bridgehead atoms. The van der Waals surface area contributed by atoms with Gasteiger partial charge in [0.1, 0.15) is 22.8 Å². The van der Waals surface area contributed by atoms with Crippen LogP contribution in [-0.4, -0.2) is 87.3 Å². The number of nitrogens with zero attached hydrogens (tertiary/aromatic N) is 5. The number of anilines is 1. The van der Waals surface area contributed by atoms with Crippen LogP contribution < -0.4 is 10.1 Å². The fourth-order valence-corrected chi connectivity index (χ4v) is 5.49. The zero-order chi connectivity index (χ0) is 26.1. The van der Waals surface area contributed by atoms with Gasteiger partial charge in [-0.2, -0.15) is 0 Å². The van der Waals surface area contributed by atoms with Crippen molar-refractivity contribution in [2.24, 2.45) is 0 Å². The van der Waals surface area contributed by atoms with Crippen molar-refractivity contribution in [3.63, 3.8) is 0 Å². The summed E-state index contributed by atoms with van der Waals surface area (Å²) in [5.74, 6) is 0.115. The highest BCUT2D eigenvalue weighted by atomic mass is 32.2. The molecule has 37 heavy (non-hydrogen) atoms. The van der Waals surface area contributed by atoms with E-state index in [0.717, 1.165) is 11.1 Å². The van der Waals surface area contributed by atoms with Crippen molar-refractivity contribution in [1.29, 1.82) is 0 Å². The van der Waals surface area contributed by atoms with Crippen LogP contribution in [0.1, 0.15) is 35.0 Å². The second-order valence-corrected chi connectivity index (χ2v) is 10.1. The lowest BCUT2D eigenvalue weighted by Crippen LogP contribution is -2.46. The molecule has 2 aliphatic heterocycles. The number of carbonyl (C=O) groups excluding carboxylic acids is 2. The van der Waals surface area contributed by atoms with E-state index < -0.39 is 11.9 Å². The first-order valence-corrected chi connectivity index (χ1v) is 12.9. The Labute approximate surface area is 217 Å². The molecule has 0 aliphatic carbocycles. The number of β-amino-alcohol motifs (C(OH)–C–C–N with tert-alkyl or cyclic N) is 1. The number of piperidine rings is 1. The van der Waals surface area contributed by atoms with E-state index in [9.17, 15) is 19.1 Å². The van der Waals surface area contributed by atoms with E-state index in [4.69, 9.17) is 4.74 Å². The highest BCUT2D eigenvalue weighted by molar-refractivity contribution is 8.00. The molecule has 2 N–H and O–H groups in total. The molecule has 12 heteroatoms. The third-order valence-electron chi connectivity index (χ3n) is 6.77. The fourth-order valence-electron chi connectivity index (χ4n) is 4.73. The second kappa shape index (κ2) is 10.6. The van der Waals surface area contributed by atoms with Crippen molar-refractivity contribution in [2.45, 2.75) is 29.9 Å². The standard InChI is InChI=1S/C25H27FN6O4S/c1-31(25(35)17-3-5-19-24(28-17)29-20(34)13-37-19)14-7-9-32(10-8-14)12-18(33)22-15(26)11-27-16-4-6-21(36-2)30-23(16)22/h3-6,11,14,18,33H,7-10,12-13H2,1-2H3,(H,28,29,34). The molecule has 0 saturated carbocycles. The van der Waals surface area contributed by atoms with Gasteiger partial charge in [0, 0.05) is 44.4 Å². The van der Waals surface area contributed by atoms with Gasteiger partial charge in [-0.1, -0.05) is 0 Å². The first-order chi connectivity index (χ1) is 17.8. The van der Waals surface area contributed by atoms with Crippen LogP contribution in [-0.2, 0) is 4.79 Å². The van der Waals surface area contributed by atoms with Gasteiger partial charge in [-0.25, -0.2) is 14.4 Å². The molecule has 0 radical (unpaired) electrons. The smallest absolute Gasteiger partial charge is 0.272 e. The predicted molar refractivity (Wildman–Crippen MR) is 136 cm³/mol. The molecule has 194 valence electrons. The number of hydrogen-bond donors (Lipinski definition) is 2. The summed E-state index contributed by atoms with van der Waals surface area (Å²) in [6.45, 7) is 1.49. The number of methoxy groups -OCH3 is 1. The number of aromatic nitrogens is 3. The van der Waals surface area contributed by atoms with E-state index >= 15 is 0 Å². The Morgan fingerprint density at radius 1 is 1.30 bits per heavy atom. The Hall–Kier alpha value is -3.35. The van der Waals surface area contributed by atoms with Crippen LogP contribution >= 0.6 is 11.8 Å². The molecule has 1 atom stereocenters. The molecule has 10 nitrogen and oxygen atoms in total. The second-order valence-electron chi connectivity index (χ2n) is 9.08. The van der Waals surface area contributed by atoms with Crippen LogP contribution in [0.2, 0.25) is 0 Å². The molecular weight excluding hydrogens is 499 g/mol. The largest absolute Gasteiger partial charge is 0.481 e. The molecule has 5 heterocycles. The minimum atomic E-state index is -1.10. The molecular formula is C25H27FN6O4S. The summed E-state index contributed by atoms with van der Waals surface area (Å²) in [6.07, 6.45) is 1.38. The summed E-state index contributed by atoms with van der Waals surface area (Å²) in [4.78, 5) is 42.1. The Bertz CT molecular complexity index is 1350. The lowest BCUT2D eigenvalue weighted by Gasteiger charge is -2.37. The number of amides is 2. The third kappa shape index (κ3) is 5.22. The van der Waals surface area contributed by atoms with Crippen molar-refractivity contribution in [3.05, 3.63) is 47.5 Å². The number of nitrogens with one attached hydrogen (secondary N) is 1. The zero-order valence-electron chi connectivity index (χ0n) is 20.5. The van der Waals surface area contributed by atoms with Crippen LogP contribution in [0.3, 0.4) is 0 Å². The van der Waals surface area contributed by atoms with Crippen molar-refractivity contribution in [3.8, 4) is 5.88 Å². The van der Waals surface area contributed by atoms with Crippen LogP contribution in [0.5, 0.6) is 5.88 Å². The molecule has 1 saturated heterocycles. The molecule has 3 aromatic rings. The zero-order valence-corrected chi connectivity index (χ0v) is 21.3. The number of aliphatic hydroxyl groups is 1. The van der Waals surface area contributed by atoms with E-state index in [1.54, 1.807) is 30.1 Å². The van der Waals surface area contributed by atoms with Crippen LogP contribution in [0.15, 0.2) is 35.4 Å². The maximum absolute atomic E-state index is 14.7. The summed E-state index contributed by atoms with van der Waals surface area (Å²) >= 11 is 1.40. The van der Waals surface area contributed by atoms with Gasteiger partial charge in [0.25, 0.3) is 5.91 Å². The minimum Gasteiger partial charge on any atom is -0.481 e. The van der Waals surface area contributed by atoms with Crippen LogP contribution in [0.25, 0.3) is 11.0 Å². The van der Waals surface area contributed by atoms with Crippen molar-refractivity contribution < 1.29 is 23.8 Å². The number of halogens is 1.